The molecule has 122 valence electrons. The fourth-order valence-corrected chi connectivity index (χ4v) is 3.41. The molecule has 2 radical (unpaired) electrons. The minimum atomic E-state index is -0.317. The summed E-state index contributed by atoms with van der Waals surface area (Å²) in [7, 11) is 0.693. The molecule has 0 aromatic rings. The molecule has 0 saturated carbocycles. The molecule has 0 N–H and O–H groups in total. The normalized spacial score (nSPS) is 10.8. The first-order valence-corrected chi connectivity index (χ1v) is 10.1. The van der Waals surface area contributed by atoms with Crippen LogP contribution in [0, 0.1) is 0 Å². The van der Waals surface area contributed by atoms with Crippen LogP contribution in [0.4, 0.5) is 0 Å². The monoisotopic (exact) mass is 350 g/mol. The first kappa shape index (κ1) is 21.0. The Morgan fingerprint density at radius 3 is 1.90 bits per heavy atom. The van der Waals surface area contributed by atoms with E-state index in [0.29, 0.717) is 16.1 Å². The third-order valence-electron chi connectivity index (χ3n) is 3.28. The van der Waals surface area contributed by atoms with Crippen molar-refractivity contribution >= 4 is 38.7 Å². The predicted molar refractivity (Wildman–Crippen MR) is 93.4 cm³/mol. The van der Waals surface area contributed by atoms with Crippen molar-refractivity contribution < 1.29 is 9.53 Å². The Kier molecular flexibility index (Phi) is 16.4. The Balaban J connectivity index is 3.02. The molecule has 5 heteroatoms. The maximum Gasteiger partial charge on any atom is 0.330 e. The van der Waals surface area contributed by atoms with Crippen LogP contribution in [0.1, 0.15) is 64.2 Å². The Labute approximate surface area is 142 Å². The van der Waals surface area contributed by atoms with Gasteiger partial charge >= 0.3 is 5.97 Å². The van der Waals surface area contributed by atoms with Gasteiger partial charge in [0.15, 0.2) is 0 Å². The molecule has 0 unspecified atom stereocenters. The molecule has 0 amide bonds. The molecule has 0 saturated heterocycles. The summed E-state index contributed by atoms with van der Waals surface area (Å²) in [5, 5.41) is 0. The molecule has 0 rings (SSSR count). The van der Waals surface area contributed by atoms with E-state index in [9.17, 15) is 4.79 Å². The SMILES string of the molecule is C=CC(=O)OCCCCCCCCCCCC[Si]C(Cl)Cl. The Bertz CT molecular complexity index is 261. The van der Waals surface area contributed by atoms with Crippen LogP contribution in [-0.2, 0) is 9.53 Å². The zero-order valence-electron chi connectivity index (χ0n) is 12.9. The maximum absolute atomic E-state index is 10.8. The highest BCUT2D eigenvalue weighted by atomic mass is 35.5. The molecule has 0 bridgehead atoms. The van der Waals surface area contributed by atoms with E-state index in [2.05, 4.69) is 6.58 Å². The van der Waals surface area contributed by atoms with Crippen LogP contribution in [0.15, 0.2) is 12.7 Å². The lowest BCUT2D eigenvalue weighted by Crippen LogP contribution is -2.01. The molecule has 21 heavy (non-hydrogen) atoms. The van der Waals surface area contributed by atoms with Gasteiger partial charge in [-0.15, -0.1) is 23.2 Å². The van der Waals surface area contributed by atoms with Gasteiger partial charge in [0.25, 0.3) is 0 Å². The average molecular weight is 351 g/mol. The van der Waals surface area contributed by atoms with E-state index < -0.39 is 0 Å². The van der Waals surface area contributed by atoms with E-state index in [1.165, 1.54) is 63.5 Å². The van der Waals surface area contributed by atoms with E-state index in [4.69, 9.17) is 27.9 Å². The molecule has 0 aliphatic heterocycles. The first-order valence-electron chi connectivity index (χ1n) is 7.97. The number of unbranched alkanes of at least 4 members (excludes halogenated alkanes) is 9. The van der Waals surface area contributed by atoms with Crippen molar-refractivity contribution in [3.63, 3.8) is 0 Å². The lowest BCUT2D eigenvalue weighted by molar-refractivity contribution is -0.137. The molecular formula is C16H28Cl2O2Si. The summed E-state index contributed by atoms with van der Waals surface area (Å²) in [6.45, 7) is 3.89. The maximum atomic E-state index is 10.8. The standard InChI is InChI=1S/C16H28Cl2O2Si/c1-2-15(19)20-13-11-9-7-5-3-4-6-8-10-12-14-21-16(17)18/h2,16H,1,3-14H2. The van der Waals surface area contributed by atoms with Crippen LogP contribution in [0.3, 0.4) is 0 Å². The van der Waals surface area contributed by atoms with Gasteiger partial charge in [-0.1, -0.05) is 70.4 Å². The first-order chi connectivity index (χ1) is 10.2. The van der Waals surface area contributed by atoms with Crippen molar-refractivity contribution in [2.24, 2.45) is 0 Å². The van der Waals surface area contributed by atoms with Crippen LogP contribution in [0.5, 0.6) is 0 Å². The van der Waals surface area contributed by atoms with Gasteiger partial charge in [-0.05, 0) is 6.42 Å². The summed E-state index contributed by atoms with van der Waals surface area (Å²) in [4.78, 5) is 10.8. The molecule has 2 nitrogen and oxygen atoms in total. The zero-order valence-corrected chi connectivity index (χ0v) is 15.4. The number of carbonyl (C=O) groups is 1. The van der Waals surface area contributed by atoms with Crippen LogP contribution in [-0.4, -0.2) is 26.6 Å². The fourth-order valence-electron chi connectivity index (χ4n) is 2.08. The number of alkyl halides is 2. The van der Waals surface area contributed by atoms with Crippen molar-refractivity contribution in [3.8, 4) is 0 Å². The van der Waals surface area contributed by atoms with E-state index >= 15 is 0 Å². The highest BCUT2D eigenvalue weighted by Gasteiger charge is 1.99. The number of hydrogen-bond acceptors (Lipinski definition) is 2. The minimum Gasteiger partial charge on any atom is -0.463 e. The summed E-state index contributed by atoms with van der Waals surface area (Å²) < 4.78 is 4.76. The van der Waals surface area contributed by atoms with Crippen molar-refractivity contribution in [2.45, 2.75) is 74.7 Å². The third kappa shape index (κ3) is 18.0. The van der Waals surface area contributed by atoms with E-state index in [1.807, 2.05) is 0 Å². The number of carbonyl (C=O) groups excluding carboxylic acids is 1. The average Bonchev–Trinajstić information content (AvgIpc) is 2.46. The molecule has 0 heterocycles. The summed E-state index contributed by atoms with van der Waals surface area (Å²) in [6, 6.07) is 1.17. The van der Waals surface area contributed by atoms with Gasteiger partial charge in [-0.3, -0.25) is 0 Å². The number of esters is 1. The second kappa shape index (κ2) is 16.4. The van der Waals surface area contributed by atoms with E-state index in [1.54, 1.807) is 0 Å². The Morgan fingerprint density at radius 1 is 0.952 bits per heavy atom. The molecule has 0 aliphatic rings. The van der Waals surface area contributed by atoms with Gasteiger partial charge < -0.3 is 4.74 Å². The van der Waals surface area contributed by atoms with Crippen molar-refractivity contribution in [1.29, 1.82) is 0 Å². The molecule has 0 fully saturated rings. The largest absolute Gasteiger partial charge is 0.463 e. The third-order valence-corrected chi connectivity index (χ3v) is 5.16. The lowest BCUT2D eigenvalue weighted by Gasteiger charge is -2.03. The number of rotatable bonds is 15. The molecule has 0 aromatic heterocycles. The van der Waals surface area contributed by atoms with Gasteiger partial charge in [-0.25, -0.2) is 4.79 Å². The quantitative estimate of drug-likeness (QED) is 0.128. The molecule has 0 aromatic carbocycles. The summed E-state index contributed by atoms with van der Waals surface area (Å²) in [5.74, 6) is -0.317. The summed E-state index contributed by atoms with van der Waals surface area (Å²) >= 11 is 11.4. The lowest BCUT2D eigenvalue weighted by atomic mass is 10.1. The van der Waals surface area contributed by atoms with Crippen molar-refractivity contribution in [1.82, 2.24) is 0 Å². The number of ether oxygens (including phenoxy) is 1. The zero-order chi connectivity index (χ0) is 15.8. The smallest absolute Gasteiger partial charge is 0.330 e. The summed E-state index contributed by atoms with van der Waals surface area (Å²) in [5.41, 5.74) is 0. The molecular weight excluding hydrogens is 323 g/mol. The summed E-state index contributed by atoms with van der Waals surface area (Å²) in [6.07, 6.45) is 13.7. The highest BCUT2D eigenvalue weighted by Crippen LogP contribution is 2.12. The van der Waals surface area contributed by atoms with Gasteiger partial charge in [0.2, 0.25) is 0 Å². The van der Waals surface area contributed by atoms with Gasteiger partial charge in [0, 0.05) is 6.08 Å². The minimum absolute atomic E-state index is 0.162. The van der Waals surface area contributed by atoms with E-state index in [-0.39, 0.29) is 10.4 Å². The van der Waals surface area contributed by atoms with Crippen molar-refractivity contribution in [2.75, 3.05) is 6.61 Å². The highest BCUT2D eigenvalue weighted by molar-refractivity contribution is 6.68. The van der Waals surface area contributed by atoms with Crippen LogP contribution in [0.2, 0.25) is 6.04 Å². The molecule has 0 aliphatic carbocycles. The molecule has 0 spiro atoms. The van der Waals surface area contributed by atoms with Gasteiger partial charge in [0.1, 0.15) is 0 Å². The number of halogens is 2. The van der Waals surface area contributed by atoms with Crippen LogP contribution < -0.4 is 0 Å². The Morgan fingerprint density at radius 2 is 1.43 bits per heavy atom. The second-order valence-corrected chi connectivity index (χ2v) is 8.48. The van der Waals surface area contributed by atoms with Gasteiger partial charge in [-0.2, -0.15) is 0 Å². The van der Waals surface area contributed by atoms with Crippen molar-refractivity contribution in [3.05, 3.63) is 12.7 Å². The van der Waals surface area contributed by atoms with E-state index in [0.717, 1.165) is 12.8 Å². The predicted octanol–water partition coefficient (Wildman–Crippen LogP) is 5.50. The fraction of sp³-hybridized carbons (Fsp3) is 0.812. The number of hydrogen-bond donors (Lipinski definition) is 0. The van der Waals surface area contributed by atoms with Crippen LogP contribution >= 0.6 is 23.2 Å². The van der Waals surface area contributed by atoms with Crippen LogP contribution in [0.25, 0.3) is 0 Å². The Hall–Kier alpha value is 0.00688. The molecule has 0 atom stereocenters. The second-order valence-electron chi connectivity index (χ2n) is 5.16. The van der Waals surface area contributed by atoms with Gasteiger partial charge in [0.05, 0.1) is 20.6 Å². The topological polar surface area (TPSA) is 26.3 Å².